The van der Waals surface area contributed by atoms with Gasteiger partial charge in [-0.3, -0.25) is 4.79 Å². The van der Waals surface area contributed by atoms with Crippen molar-refractivity contribution in [1.29, 1.82) is 0 Å². The minimum absolute atomic E-state index is 0.0645. The van der Waals surface area contributed by atoms with Gasteiger partial charge < -0.3 is 5.32 Å². The lowest BCUT2D eigenvalue weighted by Gasteiger charge is -2.15. The first-order valence-electron chi connectivity index (χ1n) is 7.16. The van der Waals surface area contributed by atoms with E-state index in [2.05, 4.69) is 10.4 Å². The lowest BCUT2D eigenvalue weighted by Crippen LogP contribution is -2.27. The van der Waals surface area contributed by atoms with Gasteiger partial charge in [0.1, 0.15) is 11.5 Å². The second-order valence-electron chi connectivity index (χ2n) is 5.68. The highest BCUT2D eigenvalue weighted by atomic mass is 19.1. The maximum absolute atomic E-state index is 14.2. The number of hydrogen-bond donors (Lipinski definition) is 1. The molecule has 110 valence electrons. The van der Waals surface area contributed by atoms with Crippen molar-refractivity contribution in [2.24, 2.45) is 5.92 Å². The molecule has 0 aliphatic heterocycles. The zero-order chi connectivity index (χ0) is 15.0. The Bertz CT molecular complexity index is 676. The number of carbonyl (C=O) groups excluding carboxylic acids is 1. The monoisotopic (exact) mass is 287 g/mol. The van der Waals surface area contributed by atoms with Crippen LogP contribution in [-0.4, -0.2) is 15.7 Å². The Kier molecular flexibility index (Phi) is 3.49. The molecule has 1 aromatic carbocycles. The number of hydrogen-bond acceptors (Lipinski definition) is 2. The Morgan fingerprint density at radius 2 is 2.24 bits per heavy atom. The highest BCUT2D eigenvalue weighted by Gasteiger charge is 2.30. The van der Waals surface area contributed by atoms with Crippen LogP contribution >= 0.6 is 0 Å². The Balaban J connectivity index is 1.78. The molecule has 0 saturated heterocycles. The number of aryl methyl sites for hydroxylation is 1. The molecule has 21 heavy (non-hydrogen) atoms. The molecule has 1 heterocycles. The van der Waals surface area contributed by atoms with Crippen molar-refractivity contribution < 1.29 is 9.18 Å². The molecule has 1 saturated carbocycles. The maximum atomic E-state index is 14.2. The topological polar surface area (TPSA) is 46.9 Å². The zero-order valence-corrected chi connectivity index (χ0v) is 12.1. The summed E-state index contributed by atoms with van der Waals surface area (Å²) in [5.74, 6) is -0.124. The number of benzene rings is 1. The molecule has 1 unspecified atom stereocenters. The predicted molar refractivity (Wildman–Crippen MR) is 77.5 cm³/mol. The van der Waals surface area contributed by atoms with Crippen LogP contribution in [0.1, 0.15) is 36.9 Å². The number of nitrogens with zero attached hydrogens (tertiary/aromatic N) is 2. The maximum Gasteiger partial charge on any atom is 0.223 e. The van der Waals surface area contributed by atoms with Gasteiger partial charge in [0.2, 0.25) is 5.91 Å². The van der Waals surface area contributed by atoms with Gasteiger partial charge in [-0.2, -0.15) is 5.10 Å². The van der Waals surface area contributed by atoms with E-state index >= 15 is 0 Å². The average Bonchev–Trinajstić information content (AvgIpc) is 3.21. The summed E-state index contributed by atoms with van der Waals surface area (Å²) in [7, 11) is 0. The molecule has 3 rings (SSSR count). The first-order chi connectivity index (χ1) is 10.0. The van der Waals surface area contributed by atoms with Gasteiger partial charge in [-0.1, -0.05) is 6.07 Å². The van der Waals surface area contributed by atoms with Crippen molar-refractivity contribution >= 4 is 5.91 Å². The number of halogens is 1. The summed E-state index contributed by atoms with van der Waals surface area (Å²) in [6, 6.07) is 4.79. The van der Waals surface area contributed by atoms with Crippen LogP contribution in [0.3, 0.4) is 0 Å². The molecule has 1 N–H and O–H groups in total. The van der Waals surface area contributed by atoms with E-state index in [1.807, 2.05) is 19.9 Å². The summed E-state index contributed by atoms with van der Waals surface area (Å²) in [5, 5.41) is 7.03. The molecule has 1 aliphatic rings. The van der Waals surface area contributed by atoms with Gasteiger partial charge in [0.05, 0.1) is 12.2 Å². The van der Waals surface area contributed by atoms with Crippen LogP contribution in [-0.2, 0) is 4.79 Å². The molecular weight excluding hydrogens is 269 g/mol. The van der Waals surface area contributed by atoms with Gasteiger partial charge in [0.15, 0.2) is 0 Å². The number of rotatable bonds is 4. The third-order valence-electron chi connectivity index (χ3n) is 3.74. The summed E-state index contributed by atoms with van der Waals surface area (Å²) in [6.07, 6.45) is 5.39. The molecule has 1 amide bonds. The van der Waals surface area contributed by atoms with Crippen LogP contribution in [0.4, 0.5) is 4.39 Å². The number of nitrogens with one attached hydrogen (secondary N) is 1. The smallest absolute Gasteiger partial charge is 0.223 e. The predicted octanol–water partition coefficient (Wildman–Crippen LogP) is 2.91. The second-order valence-corrected chi connectivity index (χ2v) is 5.68. The number of amides is 1. The zero-order valence-electron chi connectivity index (χ0n) is 12.1. The van der Waals surface area contributed by atoms with Gasteiger partial charge >= 0.3 is 0 Å². The molecule has 0 spiro atoms. The second kappa shape index (κ2) is 5.31. The first-order valence-corrected chi connectivity index (χ1v) is 7.16. The first kappa shape index (κ1) is 13.8. The standard InChI is InChI=1S/C16H18FN3O/c1-10-8-18-20(9-10)15-6-5-13(7-14(15)17)11(2)19-16(21)12-3-4-12/h5-9,11-12H,3-4H2,1-2H3,(H,19,21). The number of aromatic nitrogens is 2. The van der Waals surface area contributed by atoms with Crippen molar-refractivity contribution in [2.75, 3.05) is 0 Å². The minimum Gasteiger partial charge on any atom is -0.349 e. The summed E-state index contributed by atoms with van der Waals surface area (Å²) < 4.78 is 15.8. The molecule has 0 bridgehead atoms. The van der Waals surface area contributed by atoms with Crippen molar-refractivity contribution in [3.8, 4) is 5.69 Å². The van der Waals surface area contributed by atoms with E-state index in [0.29, 0.717) is 5.69 Å². The van der Waals surface area contributed by atoms with Crippen LogP contribution in [0.25, 0.3) is 5.69 Å². The molecule has 2 aromatic rings. The Morgan fingerprint density at radius 1 is 1.48 bits per heavy atom. The van der Waals surface area contributed by atoms with Crippen LogP contribution in [0, 0.1) is 18.7 Å². The molecule has 5 heteroatoms. The van der Waals surface area contributed by atoms with Crippen LogP contribution in [0.2, 0.25) is 0 Å². The van der Waals surface area contributed by atoms with E-state index in [0.717, 1.165) is 24.0 Å². The Hall–Kier alpha value is -2.17. The lowest BCUT2D eigenvalue weighted by atomic mass is 10.1. The normalized spacial score (nSPS) is 15.8. The van der Waals surface area contributed by atoms with Gasteiger partial charge in [-0.15, -0.1) is 0 Å². The van der Waals surface area contributed by atoms with Crippen molar-refractivity contribution in [2.45, 2.75) is 32.7 Å². The van der Waals surface area contributed by atoms with E-state index < -0.39 is 0 Å². The third kappa shape index (κ3) is 2.96. The average molecular weight is 287 g/mol. The highest BCUT2D eigenvalue weighted by molar-refractivity contribution is 5.81. The third-order valence-corrected chi connectivity index (χ3v) is 3.74. The fourth-order valence-electron chi connectivity index (χ4n) is 2.28. The molecule has 4 nitrogen and oxygen atoms in total. The van der Waals surface area contributed by atoms with Crippen LogP contribution in [0.15, 0.2) is 30.6 Å². The van der Waals surface area contributed by atoms with E-state index in [4.69, 9.17) is 0 Å². The lowest BCUT2D eigenvalue weighted by molar-refractivity contribution is -0.122. The van der Waals surface area contributed by atoms with Crippen LogP contribution in [0.5, 0.6) is 0 Å². The van der Waals surface area contributed by atoms with Crippen molar-refractivity contribution in [3.63, 3.8) is 0 Å². The summed E-state index contributed by atoms with van der Waals surface area (Å²) in [5.41, 5.74) is 2.14. The fraction of sp³-hybridized carbons (Fsp3) is 0.375. The van der Waals surface area contributed by atoms with Gasteiger partial charge in [0, 0.05) is 12.1 Å². The number of carbonyl (C=O) groups is 1. The summed E-state index contributed by atoms with van der Waals surface area (Å²) in [6.45, 7) is 3.78. The van der Waals surface area contributed by atoms with Crippen LogP contribution < -0.4 is 5.32 Å². The highest BCUT2D eigenvalue weighted by Crippen LogP contribution is 2.30. The van der Waals surface area contributed by atoms with E-state index in [-0.39, 0.29) is 23.7 Å². The summed E-state index contributed by atoms with van der Waals surface area (Å²) >= 11 is 0. The van der Waals surface area contributed by atoms with E-state index in [1.165, 1.54) is 10.7 Å². The van der Waals surface area contributed by atoms with Gasteiger partial charge in [-0.05, 0) is 49.9 Å². The minimum atomic E-state index is -0.344. The largest absolute Gasteiger partial charge is 0.349 e. The molecule has 0 radical (unpaired) electrons. The molecule has 1 atom stereocenters. The SMILES string of the molecule is Cc1cnn(-c2ccc(C(C)NC(=O)C3CC3)cc2F)c1. The van der Waals surface area contributed by atoms with E-state index in [1.54, 1.807) is 18.5 Å². The quantitative estimate of drug-likeness (QED) is 0.940. The molecule has 1 aliphatic carbocycles. The van der Waals surface area contributed by atoms with Gasteiger partial charge in [-0.25, -0.2) is 9.07 Å². The molecular formula is C16H18FN3O. The fourth-order valence-corrected chi connectivity index (χ4v) is 2.28. The Labute approximate surface area is 123 Å². The molecule has 1 aromatic heterocycles. The van der Waals surface area contributed by atoms with Crippen molar-refractivity contribution in [1.82, 2.24) is 15.1 Å². The van der Waals surface area contributed by atoms with Crippen molar-refractivity contribution in [3.05, 3.63) is 47.5 Å². The molecule has 1 fully saturated rings. The van der Waals surface area contributed by atoms with Gasteiger partial charge in [0.25, 0.3) is 0 Å². The summed E-state index contributed by atoms with van der Waals surface area (Å²) in [4.78, 5) is 11.7. The Morgan fingerprint density at radius 3 is 2.81 bits per heavy atom. The van der Waals surface area contributed by atoms with E-state index in [9.17, 15) is 9.18 Å².